The van der Waals surface area contributed by atoms with Crippen LogP contribution in [0, 0.1) is 6.92 Å². The van der Waals surface area contributed by atoms with Gasteiger partial charge in [-0.05, 0) is 54.3 Å². The molecule has 0 amide bonds. The van der Waals surface area contributed by atoms with Crippen LogP contribution in [0.25, 0.3) is 6.08 Å². The van der Waals surface area contributed by atoms with Crippen molar-refractivity contribution in [2.75, 3.05) is 6.61 Å². The lowest BCUT2D eigenvalue weighted by Crippen LogP contribution is -2.31. The summed E-state index contributed by atoms with van der Waals surface area (Å²) in [6.07, 6.45) is 7.73. The Balaban J connectivity index is 2.00. The fraction of sp³-hybridized carbons (Fsp3) is 0.407. The third-order valence-corrected chi connectivity index (χ3v) is 5.37. The minimum absolute atomic E-state index is 0.0583. The molecule has 0 saturated heterocycles. The van der Waals surface area contributed by atoms with Crippen molar-refractivity contribution in [1.29, 1.82) is 0 Å². The molecule has 0 heterocycles. The number of rotatable bonds is 13. The van der Waals surface area contributed by atoms with Crippen molar-refractivity contribution in [2.45, 2.75) is 64.9 Å². The lowest BCUT2D eigenvalue weighted by atomic mass is 10.1. The van der Waals surface area contributed by atoms with Crippen molar-refractivity contribution in [3.05, 3.63) is 59.2 Å². The van der Waals surface area contributed by atoms with Crippen LogP contribution >= 0.6 is 0 Å². The summed E-state index contributed by atoms with van der Waals surface area (Å²) < 4.78 is 10.7. The second-order valence-corrected chi connectivity index (χ2v) is 8.27. The highest BCUT2D eigenvalue weighted by Gasteiger charge is 2.24. The number of ether oxygens (including phenoxy) is 2. The van der Waals surface area contributed by atoms with Crippen LogP contribution in [0.5, 0.6) is 17.2 Å². The molecule has 1 atom stereocenters. The molecular formula is C27H34O7. The molecule has 0 aliphatic heterocycles. The highest BCUT2D eigenvalue weighted by atomic mass is 16.6. The number of unbranched alkanes of at least 4 members (excludes halogenated alkanes) is 5. The van der Waals surface area contributed by atoms with E-state index in [1.807, 2.05) is 0 Å². The van der Waals surface area contributed by atoms with Gasteiger partial charge in [-0.3, -0.25) is 0 Å². The first-order chi connectivity index (χ1) is 16.3. The van der Waals surface area contributed by atoms with E-state index in [-0.39, 0.29) is 30.3 Å². The number of carbonyl (C=O) groups excluding carboxylic acids is 2. The number of hydrogen-bond acceptors (Lipinski definition) is 7. The van der Waals surface area contributed by atoms with E-state index in [9.17, 15) is 24.9 Å². The van der Waals surface area contributed by atoms with Crippen LogP contribution in [0.15, 0.2) is 42.5 Å². The summed E-state index contributed by atoms with van der Waals surface area (Å²) in [5, 5.41) is 28.9. The molecule has 0 saturated carbocycles. The number of aryl methyl sites for hydroxylation is 1. The lowest BCUT2D eigenvalue weighted by molar-refractivity contribution is -0.165. The quantitative estimate of drug-likeness (QED) is 0.160. The molecule has 2 aromatic rings. The van der Waals surface area contributed by atoms with Gasteiger partial charge in [-0.15, -0.1) is 0 Å². The predicted octanol–water partition coefficient (Wildman–Crippen LogP) is 5.18. The van der Waals surface area contributed by atoms with E-state index in [1.54, 1.807) is 19.1 Å². The summed E-state index contributed by atoms with van der Waals surface area (Å²) in [4.78, 5) is 25.1. The Kier molecular flexibility index (Phi) is 11.0. The zero-order valence-corrected chi connectivity index (χ0v) is 19.8. The van der Waals surface area contributed by atoms with E-state index < -0.39 is 18.0 Å². The van der Waals surface area contributed by atoms with E-state index in [4.69, 9.17) is 9.47 Å². The van der Waals surface area contributed by atoms with Crippen molar-refractivity contribution < 1.29 is 34.4 Å². The highest BCUT2D eigenvalue weighted by molar-refractivity contribution is 5.89. The summed E-state index contributed by atoms with van der Waals surface area (Å²) in [7, 11) is 0. The number of aromatic hydroxyl groups is 3. The second-order valence-electron chi connectivity index (χ2n) is 8.27. The number of hydrogen-bond donors (Lipinski definition) is 3. The Hall–Kier alpha value is -3.48. The molecule has 0 radical (unpaired) electrons. The monoisotopic (exact) mass is 470 g/mol. The van der Waals surface area contributed by atoms with Crippen molar-refractivity contribution in [1.82, 2.24) is 0 Å². The standard InChI is InChI=1S/C27H34O7/c1-3-4-5-6-7-8-15-33-27(32)25(18-21-10-9-19(2)23(29)17-21)34-26(31)14-12-20-11-13-22(28)24(30)16-20/h9-14,16-17,25,28-30H,3-8,15,18H2,1-2H3/b14-12+. The molecular weight excluding hydrogens is 436 g/mol. The Morgan fingerprint density at radius 2 is 1.65 bits per heavy atom. The average Bonchev–Trinajstić information content (AvgIpc) is 2.81. The maximum absolute atomic E-state index is 12.7. The number of esters is 2. The fourth-order valence-electron chi connectivity index (χ4n) is 3.31. The van der Waals surface area contributed by atoms with Crippen LogP contribution in [-0.4, -0.2) is 40.0 Å². The molecule has 34 heavy (non-hydrogen) atoms. The molecule has 3 N–H and O–H groups in total. The van der Waals surface area contributed by atoms with E-state index >= 15 is 0 Å². The van der Waals surface area contributed by atoms with E-state index in [0.29, 0.717) is 16.7 Å². The van der Waals surface area contributed by atoms with Gasteiger partial charge in [0.25, 0.3) is 0 Å². The van der Waals surface area contributed by atoms with Gasteiger partial charge in [0.1, 0.15) is 5.75 Å². The van der Waals surface area contributed by atoms with Gasteiger partial charge in [0.05, 0.1) is 6.61 Å². The topological polar surface area (TPSA) is 113 Å². The third kappa shape index (κ3) is 9.17. The van der Waals surface area contributed by atoms with Crippen LogP contribution in [0.2, 0.25) is 0 Å². The van der Waals surface area contributed by atoms with Crippen molar-refractivity contribution in [2.24, 2.45) is 0 Å². The van der Waals surface area contributed by atoms with Crippen LogP contribution < -0.4 is 0 Å². The Bertz CT molecular complexity index is 981. The van der Waals surface area contributed by atoms with Gasteiger partial charge >= 0.3 is 11.9 Å². The second kappa shape index (κ2) is 13.9. The SMILES string of the molecule is CCCCCCCCOC(=O)C(Cc1ccc(C)c(O)c1)OC(=O)/C=C/c1ccc(O)c(O)c1. The maximum atomic E-state index is 12.7. The van der Waals surface area contributed by atoms with Crippen LogP contribution in [0.4, 0.5) is 0 Å². The highest BCUT2D eigenvalue weighted by Crippen LogP contribution is 2.25. The van der Waals surface area contributed by atoms with Gasteiger partial charge in [0.2, 0.25) is 6.10 Å². The third-order valence-electron chi connectivity index (χ3n) is 5.37. The molecule has 0 aliphatic rings. The van der Waals surface area contributed by atoms with Gasteiger partial charge in [0.15, 0.2) is 11.5 Å². The number of carbonyl (C=O) groups is 2. The maximum Gasteiger partial charge on any atom is 0.347 e. The smallest absolute Gasteiger partial charge is 0.347 e. The summed E-state index contributed by atoms with van der Waals surface area (Å²) >= 11 is 0. The van der Waals surface area contributed by atoms with E-state index in [2.05, 4.69) is 6.92 Å². The Morgan fingerprint density at radius 1 is 0.912 bits per heavy atom. The lowest BCUT2D eigenvalue weighted by Gasteiger charge is -2.17. The molecule has 0 bridgehead atoms. The minimum atomic E-state index is -1.17. The summed E-state index contributed by atoms with van der Waals surface area (Å²) in [6, 6.07) is 9.12. The molecule has 0 aromatic heterocycles. The minimum Gasteiger partial charge on any atom is -0.508 e. The molecule has 2 rings (SSSR count). The first kappa shape index (κ1) is 26.8. The average molecular weight is 471 g/mol. The number of phenolic OH excluding ortho intramolecular Hbond substituents is 3. The van der Waals surface area contributed by atoms with Gasteiger partial charge in [0, 0.05) is 12.5 Å². The molecule has 1 unspecified atom stereocenters. The molecule has 184 valence electrons. The zero-order valence-electron chi connectivity index (χ0n) is 19.8. The Morgan fingerprint density at radius 3 is 2.35 bits per heavy atom. The first-order valence-electron chi connectivity index (χ1n) is 11.7. The van der Waals surface area contributed by atoms with Crippen LogP contribution in [-0.2, 0) is 25.5 Å². The largest absolute Gasteiger partial charge is 0.508 e. The van der Waals surface area contributed by atoms with Crippen LogP contribution in [0.3, 0.4) is 0 Å². The zero-order chi connectivity index (χ0) is 24.9. The normalized spacial score (nSPS) is 11.9. The van der Waals surface area contributed by atoms with Crippen LogP contribution in [0.1, 0.15) is 62.1 Å². The molecule has 0 aliphatic carbocycles. The fourth-order valence-corrected chi connectivity index (χ4v) is 3.31. The van der Waals surface area contributed by atoms with Crippen molar-refractivity contribution in [3.63, 3.8) is 0 Å². The van der Waals surface area contributed by atoms with Crippen molar-refractivity contribution in [3.8, 4) is 17.2 Å². The van der Waals surface area contributed by atoms with E-state index in [0.717, 1.165) is 31.8 Å². The summed E-state index contributed by atoms with van der Waals surface area (Å²) in [5.41, 5.74) is 1.80. The summed E-state index contributed by atoms with van der Waals surface area (Å²) in [5.74, 6) is -1.89. The molecule has 2 aromatic carbocycles. The van der Waals surface area contributed by atoms with Gasteiger partial charge in [-0.2, -0.15) is 0 Å². The van der Waals surface area contributed by atoms with Crippen molar-refractivity contribution >= 4 is 18.0 Å². The molecule has 0 spiro atoms. The number of benzene rings is 2. The molecule has 7 nitrogen and oxygen atoms in total. The van der Waals surface area contributed by atoms with Gasteiger partial charge < -0.3 is 24.8 Å². The molecule has 0 fully saturated rings. The molecule has 7 heteroatoms. The number of phenols is 3. The summed E-state index contributed by atoms with van der Waals surface area (Å²) in [6.45, 7) is 4.17. The van der Waals surface area contributed by atoms with Gasteiger partial charge in [-0.1, -0.05) is 57.2 Å². The van der Waals surface area contributed by atoms with Gasteiger partial charge in [-0.25, -0.2) is 9.59 Å². The predicted molar refractivity (Wildman–Crippen MR) is 130 cm³/mol. The Labute approximate surface area is 200 Å². The first-order valence-corrected chi connectivity index (χ1v) is 11.7. The van der Waals surface area contributed by atoms with E-state index in [1.165, 1.54) is 43.2 Å².